The molecule has 3 amide bonds. The van der Waals surface area contributed by atoms with Crippen LogP contribution in [-0.2, 0) is 4.74 Å². The van der Waals surface area contributed by atoms with Gasteiger partial charge in [0.25, 0.3) is 11.8 Å². The van der Waals surface area contributed by atoms with Crippen LogP contribution in [0.1, 0.15) is 20.8 Å². The van der Waals surface area contributed by atoms with Crippen molar-refractivity contribution in [2.24, 2.45) is 0 Å². The van der Waals surface area contributed by atoms with Crippen molar-refractivity contribution in [3.63, 3.8) is 0 Å². The molecule has 10 nitrogen and oxygen atoms in total. The van der Waals surface area contributed by atoms with Crippen LogP contribution in [0.2, 0.25) is 5.02 Å². The summed E-state index contributed by atoms with van der Waals surface area (Å²) in [5, 5.41) is 7.15. The smallest absolute Gasteiger partial charge is 0.426 e. The Morgan fingerprint density at radius 3 is 2.44 bits per heavy atom. The van der Waals surface area contributed by atoms with Crippen LogP contribution < -0.4 is 16.2 Å². The molecule has 0 atom stereocenters. The molecule has 3 rings (SSSR count). The summed E-state index contributed by atoms with van der Waals surface area (Å²) >= 11 is 32.6. The summed E-state index contributed by atoms with van der Waals surface area (Å²) in [5.74, 6) is -1.21. The molecule has 17 heteroatoms. The van der Waals surface area contributed by atoms with E-state index in [9.17, 15) is 14.4 Å². The molecule has 0 saturated heterocycles. The molecular formula is C19H11Br3Cl4N6O4. The van der Waals surface area contributed by atoms with Gasteiger partial charge in [0.2, 0.25) is 3.79 Å². The van der Waals surface area contributed by atoms with Crippen LogP contribution in [0.3, 0.4) is 0 Å². The van der Waals surface area contributed by atoms with E-state index in [2.05, 4.69) is 73.4 Å². The van der Waals surface area contributed by atoms with E-state index >= 15 is 0 Å². The van der Waals surface area contributed by atoms with Gasteiger partial charge in [-0.3, -0.25) is 15.0 Å². The lowest BCUT2D eigenvalue weighted by Gasteiger charge is -2.16. The van der Waals surface area contributed by atoms with Crippen LogP contribution in [0.4, 0.5) is 10.5 Å². The highest BCUT2D eigenvalue weighted by Crippen LogP contribution is 2.32. The maximum Gasteiger partial charge on any atom is 0.426 e. The Morgan fingerprint density at radius 2 is 1.78 bits per heavy atom. The van der Waals surface area contributed by atoms with E-state index in [1.54, 1.807) is 18.2 Å². The maximum atomic E-state index is 13.2. The second kappa shape index (κ2) is 12.3. The molecule has 3 aromatic rings. The predicted octanol–water partition coefficient (Wildman–Crippen LogP) is 6.20. The molecule has 0 radical (unpaired) electrons. The standard InChI is InChI=1S/C19H11Br3Cl4N6O4/c20-8-4-9(16(33)29-30-18(35)36-7-19(24,25)26)14(10(21)5-8)28-17(34)12-6-13(22)31-32(12)15-11(23)2-1-3-27-15/h1-6H,7H2,(H,28,34)(H,29,33)(H,30,35). The van der Waals surface area contributed by atoms with E-state index in [0.717, 1.165) is 0 Å². The van der Waals surface area contributed by atoms with Gasteiger partial charge in [0.15, 0.2) is 5.82 Å². The van der Waals surface area contributed by atoms with Gasteiger partial charge in [-0.25, -0.2) is 19.9 Å². The number of nitrogens with zero attached hydrogens (tertiary/aromatic N) is 3. The summed E-state index contributed by atoms with van der Waals surface area (Å²) in [5.41, 5.74) is 4.31. The maximum absolute atomic E-state index is 13.2. The highest BCUT2D eigenvalue weighted by molar-refractivity contribution is 9.11. The van der Waals surface area contributed by atoms with Crippen molar-refractivity contribution >= 4 is 118 Å². The number of pyridine rings is 1. The molecule has 1 aromatic carbocycles. The lowest BCUT2D eigenvalue weighted by atomic mass is 10.1. The summed E-state index contributed by atoms with van der Waals surface area (Å²) in [6.45, 7) is -0.549. The van der Waals surface area contributed by atoms with Gasteiger partial charge in [-0.15, -0.1) is 0 Å². The van der Waals surface area contributed by atoms with Gasteiger partial charge in [0.1, 0.15) is 16.9 Å². The average molecular weight is 769 g/mol. The van der Waals surface area contributed by atoms with Crippen molar-refractivity contribution in [2.45, 2.75) is 3.79 Å². The quantitative estimate of drug-likeness (QED) is 0.210. The van der Waals surface area contributed by atoms with Gasteiger partial charge in [-0.2, -0.15) is 5.10 Å². The number of anilines is 1. The molecule has 3 N–H and O–H groups in total. The van der Waals surface area contributed by atoms with E-state index in [1.807, 2.05) is 5.43 Å². The van der Waals surface area contributed by atoms with Crippen molar-refractivity contribution in [3.05, 3.63) is 66.4 Å². The Labute approximate surface area is 248 Å². The average Bonchev–Trinajstić information content (AvgIpc) is 3.18. The summed E-state index contributed by atoms with van der Waals surface area (Å²) in [4.78, 5) is 42.0. The van der Waals surface area contributed by atoms with Crippen LogP contribution >= 0.6 is 94.2 Å². The Balaban J connectivity index is 1.85. The molecule has 2 aromatic heterocycles. The second-order valence-electron chi connectivity index (χ2n) is 6.61. The number of aromatic nitrogens is 3. The fourth-order valence-electron chi connectivity index (χ4n) is 2.62. The van der Waals surface area contributed by atoms with Crippen LogP contribution in [0.15, 0.2) is 50.1 Å². The molecule has 36 heavy (non-hydrogen) atoms. The monoisotopic (exact) mass is 764 g/mol. The number of carbonyl (C=O) groups excluding carboxylic acids is 3. The zero-order chi connectivity index (χ0) is 26.6. The summed E-state index contributed by atoms with van der Waals surface area (Å²) in [6.07, 6.45) is 0.424. The predicted molar refractivity (Wildman–Crippen MR) is 146 cm³/mol. The number of ether oxygens (including phenoxy) is 1. The first kappa shape index (κ1) is 29.0. The lowest BCUT2D eigenvalue weighted by Crippen LogP contribution is -2.43. The SMILES string of the molecule is O=C(NNC(=O)c1cc(Br)cc(Br)c1NC(=O)c1cc(Br)nn1-c1ncccc1Cl)OCC(Cl)(Cl)Cl. The minimum Gasteiger partial charge on any atom is -0.444 e. The Morgan fingerprint density at radius 1 is 1.06 bits per heavy atom. The Kier molecular flexibility index (Phi) is 9.88. The van der Waals surface area contributed by atoms with Gasteiger partial charge in [0, 0.05) is 21.2 Å². The van der Waals surface area contributed by atoms with Gasteiger partial charge >= 0.3 is 6.09 Å². The van der Waals surface area contributed by atoms with E-state index in [-0.39, 0.29) is 27.8 Å². The minimum absolute atomic E-state index is 0.0210. The van der Waals surface area contributed by atoms with Crippen molar-refractivity contribution in [2.75, 3.05) is 11.9 Å². The Hall–Kier alpha value is -1.61. The van der Waals surface area contributed by atoms with Crippen molar-refractivity contribution in [1.29, 1.82) is 0 Å². The number of amides is 3. The third-order valence-electron chi connectivity index (χ3n) is 4.04. The molecule has 0 saturated carbocycles. The van der Waals surface area contributed by atoms with E-state index in [4.69, 9.17) is 46.4 Å². The van der Waals surface area contributed by atoms with Gasteiger partial charge < -0.3 is 10.1 Å². The molecular weight excluding hydrogens is 758 g/mol. The van der Waals surface area contributed by atoms with Gasteiger partial charge in [0.05, 0.1) is 16.3 Å². The third kappa shape index (κ3) is 7.70. The van der Waals surface area contributed by atoms with Crippen molar-refractivity contribution < 1.29 is 19.1 Å². The van der Waals surface area contributed by atoms with Crippen molar-refractivity contribution in [1.82, 2.24) is 25.6 Å². The molecule has 2 heterocycles. The van der Waals surface area contributed by atoms with Crippen LogP contribution in [0.25, 0.3) is 5.82 Å². The highest BCUT2D eigenvalue weighted by atomic mass is 79.9. The van der Waals surface area contributed by atoms with Gasteiger partial charge in [-0.1, -0.05) is 62.3 Å². The zero-order valence-electron chi connectivity index (χ0n) is 17.3. The number of alkyl halides is 3. The topological polar surface area (TPSA) is 127 Å². The van der Waals surface area contributed by atoms with E-state index in [1.165, 1.54) is 23.0 Å². The first-order chi connectivity index (χ1) is 16.9. The number of hydrogen-bond donors (Lipinski definition) is 3. The molecule has 0 unspecified atom stereocenters. The van der Waals surface area contributed by atoms with Gasteiger partial charge in [-0.05, 0) is 56.1 Å². The summed E-state index contributed by atoms with van der Waals surface area (Å²) in [7, 11) is 0. The fraction of sp³-hybridized carbons (Fsp3) is 0.105. The first-order valence-electron chi connectivity index (χ1n) is 9.32. The normalized spacial score (nSPS) is 11.1. The first-order valence-corrected chi connectivity index (χ1v) is 13.2. The van der Waals surface area contributed by atoms with Crippen LogP contribution in [0.5, 0.6) is 0 Å². The number of halogens is 7. The molecule has 190 valence electrons. The second-order valence-corrected chi connectivity index (χ2v) is 12.1. The zero-order valence-corrected chi connectivity index (χ0v) is 25.1. The molecule has 0 fully saturated rings. The molecule has 0 aliphatic rings. The third-order valence-corrected chi connectivity index (χ3v) is 6.13. The highest BCUT2D eigenvalue weighted by Gasteiger charge is 2.24. The molecule has 0 aliphatic heterocycles. The Bertz CT molecular complexity index is 1330. The molecule has 0 spiro atoms. The molecule has 0 aliphatic carbocycles. The fourth-order valence-corrected chi connectivity index (χ4v) is 4.69. The number of nitrogens with one attached hydrogen (secondary N) is 3. The number of hydrogen-bond acceptors (Lipinski definition) is 6. The number of hydrazine groups is 1. The minimum atomic E-state index is -1.82. The number of benzene rings is 1. The number of carbonyl (C=O) groups is 3. The molecule has 0 bridgehead atoms. The van der Waals surface area contributed by atoms with Crippen LogP contribution in [-0.4, -0.2) is 43.1 Å². The van der Waals surface area contributed by atoms with E-state index in [0.29, 0.717) is 13.5 Å². The largest absolute Gasteiger partial charge is 0.444 e. The lowest BCUT2D eigenvalue weighted by molar-refractivity contribution is 0.0911. The summed E-state index contributed by atoms with van der Waals surface area (Å²) in [6, 6.07) is 7.72. The van der Waals surface area contributed by atoms with Crippen LogP contribution in [0, 0.1) is 0 Å². The van der Waals surface area contributed by atoms with E-state index < -0.39 is 28.3 Å². The number of rotatable bonds is 5. The summed E-state index contributed by atoms with van der Waals surface area (Å²) < 4.78 is 5.31. The van der Waals surface area contributed by atoms with Crippen molar-refractivity contribution in [3.8, 4) is 5.82 Å².